The minimum Gasteiger partial charge on any atom is -0.465 e. The zero-order valence-corrected chi connectivity index (χ0v) is 27.8. The molecular weight excluding hydrogens is 636 g/mol. The fourth-order valence-corrected chi connectivity index (χ4v) is 6.74. The molecule has 0 spiro atoms. The molecule has 6 N–H and O–H groups in total. The number of hydrogen-bond acceptors (Lipinski definition) is 4. The van der Waals surface area contributed by atoms with Crippen molar-refractivity contribution in [2.45, 2.75) is 84.0 Å². The number of fused-ring (bicyclic) bond motifs is 3. The van der Waals surface area contributed by atoms with Crippen molar-refractivity contribution in [2.75, 3.05) is 0 Å². The van der Waals surface area contributed by atoms with Gasteiger partial charge in [0.15, 0.2) is 0 Å². The van der Waals surface area contributed by atoms with Gasteiger partial charge < -0.3 is 26.5 Å². The van der Waals surface area contributed by atoms with E-state index >= 15 is 0 Å². The fourth-order valence-electron chi connectivity index (χ4n) is 6.19. The van der Waals surface area contributed by atoms with E-state index in [2.05, 4.69) is 15.6 Å². The van der Waals surface area contributed by atoms with Gasteiger partial charge in [0.2, 0.25) is 11.8 Å². The van der Waals surface area contributed by atoms with Crippen LogP contribution < -0.4 is 16.4 Å². The zero-order chi connectivity index (χ0) is 33.9. The lowest BCUT2D eigenvalue weighted by molar-refractivity contribution is -0.137. The van der Waals surface area contributed by atoms with Crippen molar-refractivity contribution in [3.8, 4) is 0 Å². The third kappa shape index (κ3) is 7.28. The van der Waals surface area contributed by atoms with Crippen molar-refractivity contribution < 1.29 is 28.3 Å². The number of aromatic amines is 1. The highest BCUT2D eigenvalue weighted by atomic mass is 35.5. The van der Waals surface area contributed by atoms with Gasteiger partial charge in [-0.25, -0.2) is 13.6 Å². The Labute approximate surface area is 277 Å². The first-order valence-corrected chi connectivity index (χ1v) is 16.1. The number of hydrogen-bond donors (Lipinski definition) is 5. The van der Waals surface area contributed by atoms with Gasteiger partial charge in [0.1, 0.15) is 23.2 Å². The summed E-state index contributed by atoms with van der Waals surface area (Å²) in [6.45, 7) is 7.15. The van der Waals surface area contributed by atoms with Crippen LogP contribution in [-0.4, -0.2) is 55.5 Å². The molecule has 9 nitrogen and oxygen atoms in total. The highest BCUT2D eigenvalue weighted by molar-refractivity contribution is 7.80. The van der Waals surface area contributed by atoms with Crippen LogP contribution in [0.4, 0.5) is 13.6 Å². The number of nitrogens with two attached hydrogens (primary N) is 1. The summed E-state index contributed by atoms with van der Waals surface area (Å²) in [4.78, 5) is 45.6. The molecule has 2 unspecified atom stereocenters. The van der Waals surface area contributed by atoms with Gasteiger partial charge in [0.05, 0.1) is 21.6 Å². The van der Waals surface area contributed by atoms with Crippen LogP contribution in [0.1, 0.15) is 63.8 Å². The van der Waals surface area contributed by atoms with E-state index in [0.717, 1.165) is 10.6 Å². The number of carboxylic acid groups (broad SMARTS) is 1. The number of benzene rings is 2. The maximum Gasteiger partial charge on any atom is 0.408 e. The molecule has 1 aliphatic rings. The van der Waals surface area contributed by atoms with Gasteiger partial charge in [-0.1, -0.05) is 76.5 Å². The summed E-state index contributed by atoms with van der Waals surface area (Å²) in [6.07, 6.45) is 0.132. The Hall–Kier alpha value is -3.77. The Bertz CT molecular complexity index is 1650. The first-order valence-electron chi connectivity index (χ1n) is 15.4. The monoisotopic (exact) mass is 675 g/mol. The van der Waals surface area contributed by atoms with Crippen molar-refractivity contribution in [1.82, 2.24) is 20.5 Å². The van der Waals surface area contributed by atoms with Crippen LogP contribution in [0, 0.1) is 23.5 Å². The summed E-state index contributed by atoms with van der Waals surface area (Å²) in [5, 5.41) is 16.8. The molecule has 3 aromatic rings. The molecular formula is C33H40ClF2N5O4S. The van der Waals surface area contributed by atoms with Gasteiger partial charge in [-0.3, -0.25) is 14.5 Å². The Balaban J connectivity index is 1.79. The number of H-pyrrole nitrogens is 1. The van der Waals surface area contributed by atoms with Gasteiger partial charge in [-0.15, -0.1) is 0 Å². The lowest BCUT2D eigenvalue weighted by atomic mass is 9.78. The number of halogens is 3. The number of aryl methyl sites for hydroxylation is 1. The van der Waals surface area contributed by atoms with Crippen LogP contribution in [0.3, 0.4) is 0 Å². The summed E-state index contributed by atoms with van der Waals surface area (Å²) < 4.78 is 28.5. The number of nitrogens with one attached hydrogen (secondary N) is 3. The Morgan fingerprint density at radius 3 is 2.43 bits per heavy atom. The van der Waals surface area contributed by atoms with Gasteiger partial charge in [-0.2, -0.15) is 0 Å². The van der Waals surface area contributed by atoms with E-state index in [0.29, 0.717) is 41.3 Å². The summed E-state index contributed by atoms with van der Waals surface area (Å²) >= 11 is 11.6. The van der Waals surface area contributed by atoms with Crippen molar-refractivity contribution in [3.05, 3.63) is 69.9 Å². The summed E-state index contributed by atoms with van der Waals surface area (Å²) in [5.41, 5.74) is 6.70. The summed E-state index contributed by atoms with van der Waals surface area (Å²) in [7, 11) is 0. The Morgan fingerprint density at radius 2 is 1.83 bits per heavy atom. The van der Waals surface area contributed by atoms with Crippen LogP contribution >= 0.6 is 23.8 Å². The smallest absolute Gasteiger partial charge is 0.408 e. The molecule has 13 heteroatoms. The van der Waals surface area contributed by atoms with E-state index in [-0.39, 0.29) is 35.3 Å². The molecule has 0 fully saturated rings. The maximum atomic E-state index is 14.5. The van der Waals surface area contributed by atoms with Crippen molar-refractivity contribution in [1.29, 1.82) is 0 Å². The van der Waals surface area contributed by atoms with Gasteiger partial charge in [0, 0.05) is 24.0 Å². The third-order valence-corrected chi connectivity index (χ3v) is 9.73. The molecule has 0 bridgehead atoms. The van der Waals surface area contributed by atoms with E-state index in [1.54, 1.807) is 13.0 Å². The van der Waals surface area contributed by atoms with Crippen LogP contribution in [0.25, 0.3) is 10.9 Å². The quantitative estimate of drug-likeness (QED) is 0.153. The topological polar surface area (TPSA) is 141 Å². The van der Waals surface area contributed by atoms with E-state index in [1.807, 2.05) is 20.8 Å². The highest BCUT2D eigenvalue weighted by Gasteiger charge is 2.47. The lowest BCUT2D eigenvalue weighted by Gasteiger charge is -2.41. The van der Waals surface area contributed by atoms with Crippen molar-refractivity contribution in [3.63, 3.8) is 0 Å². The second-order valence-electron chi connectivity index (χ2n) is 12.3. The van der Waals surface area contributed by atoms with Crippen LogP contribution in [0.2, 0.25) is 5.02 Å². The molecule has 2 aromatic carbocycles. The minimum atomic E-state index is -1.58. The number of carbonyl (C=O) groups excluding carboxylic acids is 2. The molecule has 3 amide bonds. The number of rotatable bonds is 12. The second kappa shape index (κ2) is 14.3. The predicted molar refractivity (Wildman–Crippen MR) is 178 cm³/mol. The van der Waals surface area contributed by atoms with Crippen molar-refractivity contribution >= 4 is 57.6 Å². The number of amides is 3. The van der Waals surface area contributed by atoms with Gasteiger partial charge in [-0.05, 0) is 60.1 Å². The zero-order valence-electron chi connectivity index (χ0n) is 26.3. The van der Waals surface area contributed by atoms with E-state index in [9.17, 15) is 28.3 Å². The molecule has 46 heavy (non-hydrogen) atoms. The van der Waals surface area contributed by atoms with Crippen LogP contribution in [0.5, 0.6) is 0 Å². The van der Waals surface area contributed by atoms with E-state index in [4.69, 9.17) is 29.6 Å². The SMILES string of the molecule is CC[C@H](C)C(NC(=O)[C@@]1(NC(=O)C([C@@H](C)CC)N(Cc2cccc(F)c2)C(=O)O)CCc2[nH]c3c(Cl)cc(F)cc3c2C1)C(N)=S. The highest BCUT2D eigenvalue weighted by Crippen LogP contribution is 2.38. The van der Waals surface area contributed by atoms with E-state index < -0.39 is 53.1 Å². The number of nitrogens with zero attached hydrogens (tertiary/aromatic N) is 1. The van der Waals surface area contributed by atoms with E-state index in [1.165, 1.54) is 30.3 Å². The number of carbonyl (C=O) groups is 3. The Kier molecular flexibility index (Phi) is 10.9. The maximum absolute atomic E-state index is 14.5. The molecule has 0 saturated heterocycles. The standard InChI is InChI=1S/C33H40ClF2N5O4S/c1-5-17(3)26(29(37)46)39-31(43)33(11-10-25-23(15-33)22-13-21(36)14-24(34)27(22)38-25)40-30(42)28(18(4)6-2)41(32(44)45)16-19-8-7-9-20(35)12-19/h7-9,12-14,17-18,26,28,38H,5-6,10-11,15-16H2,1-4H3,(H2,37,46)(H,39,43)(H,40,42)(H,44,45)/t17-,18-,26?,28?,33+/m0/s1. The molecule has 1 aliphatic carbocycles. The summed E-state index contributed by atoms with van der Waals surface area (Å²) in [5.74, 6) is -2.92. The average molecular weight is 676 g/mol. The van der Waals surface area contributed by atoms with Crippen LogP contribution in [0.15, 0.2) is 36.4 Å². The number of aromatic nitrogens is 1. The summed E-state index contributed by atoms with van der Waals surface area (Å²) in [6, 6.07) is 6.13. The third-order valence-electron chi connectivity index (χ3n) is 9.18. The molecule has 1 heterocycles. The average Bonchev–Trinajstić information content (AvgIpc) is 3.36. The van der Waals surface area contributed by atoms with Gasteiger partial charge >= 0.3 is 6.09 Å². The second-order valence-corrected chi connectivity index (χ2v) is 13.1. The van der Waals surface area contributed by atoms with Crippen molar-refractivity contribution in [2.24, 2.45) is 17.6 Å². The predicted octanol–water partition coefficient (Wildman–Crippen LogP) is 5.86. The fraction of sp³-hybridized carbons (Fsp3) is 0.455. The molecule has 0 saturated carbocycles. The van der Waals surface area contributed by atoms with Gasteiger partial charge in [0.25, 0.3) is 0 Å². The lowest BCUT2D eigenvalue weighted by Crippen LogP contribution is -2.67. The molecule has 0 radical (unpaired) electrons. The molecule has 0 aliphatic heterocycles. The molecule has 5 atom stereocenters. The largest absolute Gasteiger partial charge is 0.465 e. The molecule has 4 rings (SSSR count). The molecule has 1 aromatic heterocycles. The minimum absolute atomic E-state index is 0.0333. The first kappa shape index (κ1) is 35.1. The Morgan fingerprint density at radius 1 is 1.13 bits per heavy atom. The molecule has 248 valence electrons. The van der Waals surface area contributed by atoms with Crippen LogP contribution in [-0.2, 0) is 29.0 Å². The first-order chi connectivity index (χ1) is 21.7. The number of thiocarbonyl (C=S) groups is 1. The normalized spacial score (nSPS) is 18.6.